The minimum atomic E-state index is -0.719. The van der Waals surface area contributed by atoms with Crippen LogP contribution in [0.25, 0.3) is 0 Å². The van der Waals surface area contributed by atoms with E-state index in [-0.39, 0.29) is 17.7 Å². The third kappa shape index (κ3) is 3.17. The van der Waals surface area contributed by atoms with Gasteiger partial charge in [0.1, 0.15) is 17.5 Å². The fraction of sp³-hybridized carbons (Fsp3) is 0.133. The maximum Gasteiger partial charge on any atom is 0.254 e. The van der Waals surface area contributed by atoms with Crippen LogP contribution in [0.3, 0.4) is 0 Å². The number of carbonyl (C=O) groups is 1. The van der Waals surface area contributed by atoms with Crippen LogP contribution in [0.1, 0.15) is 15.9 Å². The highest BCUT2D eigenvalue weighted by Gasteiger charge is 2.14. The van der Waals surface area contributed by atoms with Crippen molar-refractivity contribution in [1.29, 1.82) is 0 Å². The summed E-state index contributed by atoms with van der Waals surface area (Å²) in [7, 11) is 1.47. The first kappa shape index (κ1) is 14.1. The van der Waals surface area contributed by atoms with Gasteiger partial charge in [-0.2, -0.15) is 0 Å². The lowest BCUT2D eigenvalue weighted by Crippen LogP contribution is -2.26. The largest absolute Gasteiger partial charge is 0.337 e. The molecular formula is C15H12F3NO. The second kappa shape index (κ2) is 5.77. The molecule has 0 heterocycles. The van der Waals surface area contributed by atoms with Crippen LogP contribution in [0.2, 0.25) is 0 Å². The van der Waals surface area contributed by atoms with Crippen molar-refractivity contribution in [3.05, 3.63) is 71.0 Å². The lowest BCUT2D eigenvalue weighted by Gasteiger charge is -2.17. The predicted octanol–water partition coefficient (Wildman–Crippen LogP) is 3.38. The Balaban J connectivity index is 2.15. The summed E-state index contributed by atoms with van der Waals surface area (Å²) in [5.74, 6) is -2.35. The summed E-state index contributed by atoms with van der Waals surface area (Å²) in [6.45, 7) is -0.0263. The first-order valence-electron chi connectivity index (χ1n) is 5.92. The van der Waals surface area contributed by atoms with Gasteiger partial charge in [0.25, 0.3) is 5.91 Å². The smallest absolute Gasteiger partial charge is 0.254 e. The van der Waals surface area contributed by atoms with Gasteiger partial charge in [-0.25, -0.2) is 13.2 Å². The molecule has 2 aromatic carbocycles. The average molecular weight is 279 g/mol. The summed E-state index contributed by atoms with van der Waals surface area (Å²) in [5, 5.41) is 0. The molecule has 104 valence electrons. The Bertz CT molecular complexity index is 643. The Morgan fingerprint density at radius 3 is 2.40 bits per heavy atom. The van der Waals surface area contributed by atoms with Gasteiger partial charge in [0.2, 0.25) is 0 Å². The van der Waals surface area contributed by atoms with Crippen molar-refractivity contribution in [3.8, 4) is 0 Å². The van der Waals surface area contributed by atoms with Crippen LogP contribution in [-0.4, -0.2) is 17.9 Å². The third-order valence-electron chi connectivity index (χ3n) is 2.84. The van der Waals surface area contributed by atoms with Crippen molar-refractivity contribution in [1.82, 2.24) is 4.90 Å². The Morgan fingerprint density at radius 1 is 1.05 bits per heavy atom. The SMILES string of the molecule is CN(Cc1ccc(F)cc1F)C(=O)c1cccc(F)c1. The molecule has 5 heteroatoms. The van der Waals surface area contributed by atoms with Crippen molar-refractivity contribution in [3.63, 3.8) is 0 Å². The highest BCUT2D eigenvalue weighted by molar-refractivity contribution is 5.94. The van der Waals surface area contributed by atoms with E-state index in [4.69, 9.17) is 0 Å². The van der Waals surface area contributed by atoms with Crippen LogP contribution >= 0.6 is 0 Å². The molecule has 0 aliphatic heterocycles. The van der Waals surface area contributed by atoms with Crippen LogP contribution in [-0.2, 0) is 6.54 Å². The van der Waals surface area contributed by atoms with Crippen molar-refractivity contribution in [2.24, 2.45) is 0 Å². The molecule has 0 unspecified atom stereocenters. The normalized spacial score (nSPS) is 10.4. The Hall–Kier alpha value is -2.30. The Kier molecular flexibility index (Phi) is 4.08. The van der Waals surface area contributed by atoms with Gasteiger partial charge in [-0.3, -0.25) is 4.79 Å². The van der Waals surface area contributed by atoms with E-state index < -0.39 is 23.4 Å². The third-order valence-corrected chi connectivity index (χ3v) is 2.84. The summed E-state index contributed by atoms with van der Waals surface area (Å²) in [4.78, 5) is 13.3. The summed E-state index contributed by atoms with van der Waals surface area (Å²) in [6, 6.07) is 8.41. The summed E-state index contributed by atoms with van der Waals surface area (Å²) in [5.41, 5.74) is 0.369. The number of halogens is 3. The molecule has 0 radical (unpaired) electrons. The zero-order valence-electron chi connectivity index (χ0n) is 10.7. The van der Waals surface area contributed by atoms with E-state index in [0.717, 1.165) is 18.2 Å². The number of benzene rings is 2. The van der Waals surface area contributed by atoms with E-state index in [2.05, 4.69) is 0 Å². The first-order valence-corrected chi connectivity index (χ1v) is 5.92. The minimum Gasteiger partial charge on any atom is -0.337 e. The fourth-order valence-electron chi connectivity index (χ4n) is 1.82. The van der Waals surface area contributed by atoms with Gasteiger partial charge in [-0.1, -0.05) is 12.1 Å². The van der Waals surface area contributed by atoms with Crippen molar-refractivity contribution in [2.75, 3.05) is 7.05 Å². The van der Waals surface area contributed by atoms with Crippen molar-refractivity contribution >= 4 is 5.91 Å². The molecule has 2 nitrogen and oxygen atoms in total. The minimum absolute atomic E-state index is 0.0263. The van der Waals surface area contributed by atoms with E-state index >= 15 is 0 Å². The van der Waals surface area contributed by atoms with E-state index in [0.29, 0.717) is 0 Å². The molecule has 0 aromatic heterocycles. The average Bonchev–Trinajstić information content (AvgIpc) is 2.41. The number of amides is 1. The highest BCUT2D eigenvalue weighted by Crippen LogP contribution is 2.14. The number of nitrogens with zero attached hydrogens (tertiary/aromatic N) is 1. The quantitative estimate of drug-likeness (QED) is 0.843. The van der Waals surface area contributed by atoms with E-state index in [1.54, 1.807) is 0 Å². The van der Waals surface area contributed by atoms with Crippen LogP contribution in [0.4, 0.5) is 13.2 Å². The Morgan fingerprint density at radius 2 is 1.75 bits per heavy atom. The fourth-order valence-corrected chi connectivity index (χ4v) is 1.82. The molecule has 0 spiro atoms. The van der Waals surface area contributed by atoms with Crippen LogP contribution in [0.5, 0.6) is 0 Å². The molecule has 2 aromatic rings. The van der Waals surface area contributed by atoms with Gasteiger partial charge >= 0.3 is 0 Å². The second-order valence-corrected chi connectivity index (χ2v) is 4.41. The number of carbonyl (C=O) groups excluding carboxylic acids is 1. The molecule has 0 aliphatic rings. The lowest BCUT2D eigenvalue weighted by molar-refractivity contribution is 0.0783. The molecule has 0 atom stereocenters. The van der Waals surface area contributed by atoms with Crippen LogP contribution < -0.4 is 0 Å². The lowest BCUT2D eigenvalue weighted by atomic mass is 10.1. The molecule has 0 N–H and O–H groups in total. The number of rotatable bonds is 3. The summed E-state index contributed by atoms with van der Waals surface area (Å²) < 4.78 is 39.3. The molecule has 2 rings (SSSR count). The number of hydrogen-bond acceptors (Lipinski definition) is 1. The van der Waals surface area contributed by atoms with Crippen LogP contribution in [0, 0.1) is 17.5 Å². The zero-order chi connectivity index (χ0) is 14.7. The van der Waals surface area contributed by atoms with Crippen LogP contribution in [0.15, 0.2) is 42.5 Å². The van der Waals surface area contributed by atoms with E-state index in [1.165, 1.54) is 36.2 Å². The van der Waals surface area contributed by atoms with Gasteiger partial charge in [0.05, 0.1) is 0 Å². The standard InChI is InChI=1S/C15H12F3NO/c1-19(9-11-5-6-13(17)8-14(11)18)15(20)10-3-2-4-12(16)7-10/h2-8H,9H2,1H3. The molecule has 0 saturated carbocycles. The second-order valence-electron chi connectivity index (χ2n) is 4.41. The first-order chi connectivity index (χ1) is 9.47. The van der Waals surface area contributed by atoms with Crippen molar-refractivity contribution in [2.45, 2.75) is 6.54 Å². The van der Waals surface area contributed by atoms with Gasteiger partial charge in [-0.15, -0.1) is 0 Å². The molecule has 0 bridgehead atoms. The molecular weight excluding hydrogens is 267 g/mol. The maximum absolute atomic E-state index is 13.5. The van der Waals surface area contributed by atoms with Gasteiger partial charge < -0.3 is 4.90 Å². The monoisotopic (exact) mass is 279 g/mol. The maximum atomic E-state index is 13.5. The molecule has 0 saturated heterocycles. The number of hydrogen-bond donors (Lipinski definition) is 0. The summed E-state index contributed by atoms with van der Waals surface area (Å²) in [6.07, 6.45) is 0. The predicted molar refractivity (Wildman–Crippen MR) is 68.6 cm³/mol. The Labute approximate surface area is 114 Å². The van der Waals surface area contributed by atoms with Gasteiger partial charge in [0, 0.05) is 30.8 Å². The molecule has 20 heavy (non-hydrogen) atoms. The highest BCUT2D eigenvalue weighted by atomic mass is 19.1. The summed E-state index contributed by atoms with van der Waals surface area (Å²) >= 11 is 0. The van der Waals surface area contributed by atoms with Gasteiger partial charge in [-0.05, 0) is 24.3 Å². The molecule has 0 aliphatic carbocycles. The zero-order valence-corrected chi connectivity index (χ0v) is 10.7. The van der Waals surface area contributed by atoms with Gasteiger partial charge in [0.15, 0.2) is 0 Å². The topological polar surface area (TPSA) is 20.3 Å². The molecule has 0 fully saturated rings. The van der Waals surface area contributed by atoms with Crippen molar-refractivity contribution < 1.29 is 18.0 Å². The van der Waals surface area contributed by atoms with E-state index in [1.807, 2.05) is 0 Å². The molecule has 1 amide bonds. The van der Waals surface area contributed by atoms with E-state index in [9.17, 15) is 18.0 Å².